The zero-order chi connectivity index (χ0) is 5.44. The maximum Gasteiger partial charge on any atom is 0.207 e. The SMILES string of the molecule is CC1=C(C([13CH3])=O)O1. The summed E-state index contributed by atoms with van der Waals surface area (Å²) in [7, 11) is 0. The molecule has 1 aliphatic rings. The average molecular weight is 99.1 g/mol. The smallest absolute Gasteiger partial charge is 0.207 e. The zero-order valence-corrected chi connectivity index (χ0v) is 4.32. The standard InChI is InChI=1S/C5H6O2/c1-3(6)5-4(2)7-5/h1-2H3/i1+1. The Morgan fingerprint density at radius 3 is 2.14 bits per heavy atom. The molecule has 0 aliphatic carbocycles. The van der Waals surface area contributed by atoms with Crippen molar-refractivity contribution >= 4 is 5.78 Å². The molecule has 1 aliphatic heterocycles. The number of ether oxygens (including phenoxy) is 1. The second-order valence-electron chi connectivity index (χ2n) is 1.54. The van der Waals surface area contributed by atoms with E-state index in [0.717, 1.165) is 5.76 Å². The maximum atomic E-state index is 10.2. The van der Waals surface area contributed by atoms with Crippen LogP contribution in [0.2, 0.25) is 0 Å². The molecule has 0 N–H and O–H groups in total. The summed E-state index contributed by atoms with van der Waals surface area (Å²) in [6.45, 7) is 3.27. The van der Waals surface area contributed by atoms with E-state index in [1.54, 1.807) is 6.92 Å². The lowest BCUT2D eigenvalue weighted by Gasteiger charge is -1.69. The number of hydrogen-bond donors (Lipinski definition) is 0. The third kappa shape index (κ3) is 0.633. The average Bonchev–Trinajstić information content (AvgIpc) is 2.17. The third-order valence-corrected chi connectivity index (χ3v) is 0.853. The first-order valence-corrected chi connectivity index (χ1v) is 2.11. The zero-order valence-electron chi connectivity index (χ0n) is 4.32. The number of allylic oxidation sites excluding steroid dienone is 2. The topological polar surface area (TPSA) is 29.6 Å². The van der Waals surface area contributed by atoms with Crippen LogP contribution in [0.1, 0.15) is 13.8 Å². The van der Waals surface area contributed by atoms with Gasteiger partial charge in [-0.1, -0.05) is 0 Å². The number of carbonyl (C=O) groups excluding carboxylic acids is 1. The Kier molecular flexibility index (Phi) is 0.680. The molecule has 0 bridgehead atoms. The largest absolute Gasteiger partial charge is 0.451 e. The van der Waals surface area contributed by atoms with Crippen LogP contribution in [0.3, 0.4) is 0 Å². The van der Waals surface area contributed by atoms with Gasteiger partial charge in [0.05, 0.1) is 0 Å². The van der Waals surface area contributed by atoms with Crippen LogP contribution in [-0.2, 0) is 9.53 Å². The second kappa shape index (κ2) is 1.09. The lowest BCUT2D eigenvalue weighted by Crippen LogP contribution is -1.81. The quantitative estimate of drug-likeness (QED) is 0.456. The van der Waals surface area contributed by atoms with Crippen molar-refractivity contribution in [2.24, 2.45) is 0 Å². The third-order valence-electron chi connectivity index (χ3n) is 0.853. The molecule has 0 aromatic carbocycles. The van der Waals surface area contributed by atoms with Crippen LogP contribution in [0.25, 0.3) is 0 Å². The molecular weight excluding hydrogens is 93.0 g/mol. The maximum absolute atomic E-state index is 10.2. The Balaban J connectivity index is 2.62. The predicted molar refractivity (Wildman–Crippen MR) is 24.5 cm³/mol. The van der Waals surface area contributed by atoms with E-state index < -0.39 is 0 Å². The molecule has 2 heteroatoms. The summed E-state index contributed by atoms with van der Waals surface area (Å²) in [5.74, 6) is 1.34. The Morgan fingerprint density at radius 2 is 2.14 bits per heavy atom. The van der Waals surface area contributed by atoms with Crippen LogP contribution in [0, 0.1) is 0 Å². The van der Waals surface area contributed by atoms with E-state index in [2.05, 4.69) is 4.74 Å². The van der Waals surface area contributed by atoms with E-state index in [1.165, 1.54) is 6.92 Å². The molecule has 0 spiro atoms. The van der Waals surface area contributed by atoms with E-state index in [1.807, 2.05) is 0 Å². The highest BCUT2D eigenvalue weighted by molar-refractivity contribution is 5.94. The first-order valence-electron chi connectivity index (χ1n) is 2.11. The van der Waals surface area contributed by atoms with Gasteiger partial charge in [0.15, 0.2) is 5.78 Å². The van der Waals surface area contributed by atoms with Crippen molar-refractivity contribution in [2.45, 2.75) is 13.8 Å². The van der Waals surface area contributed by atoms with Crippen molar-refractivity contribution < 1.29 is 9.53 Å². The van der Waals surface area contributed by atoms with E-state index >= 15 is 0 Å². The van der Waals surface area contributed by atoms with E-state index in [-0.39, 0.29) is 5.78 Å². The fourth-order valence-corrected chi connectivity index (χ4v) is 0.447. The minimum atomic E-state index is 0.0255. The lowest BCUT2D eigenvalue weighted by molar-refractivity contribution is -0.114. The predicted octanol–water partition coefficient (Wildman–Crippen LogP) is 0.837. The van der Waals surface area contributed by atoms with Gasteiger partial charge in [-0.2, -0.15) is 0 Å². The monoisotopic (exact) mass is 99.0 g/mol. The highest BCUT2D eigenvalue weighted by Crippen LogP contribution is 2.24. The number of ketones is 1. The molecule has 0 saturated carbocycles. The normalized spacial score (nSPS) is 16.3. The molecule has 0 aromatic heterocycles. The van der Waals surface area contributed by atoms with Gasteiger partial charge in [0, 0.05) is 6.92 Å². The van der Waals surface area contributed by atoms with Gasteiger partial charge in [-0.05, 0) is 6.92 Å². The molecule has 0 amide bonds. The molecule has 0 atom stereocenters. The number of carbonyl (C=O) groups is 1. The molecule has 38 valence electrons. The highest BCUT2D eigenvalue weighted by Gasteiger charge is 2.23. The summed E-state index contributed by atoms with van der Waals surface area (Å²) < 4.78 is 4.66. The van der Waals surface area contributed by atoms with Crippen molar-refractivity contribution in [3.05, 3.63) is 11.5 Å². The van der Waals surface area contributed by atoms with Crippen LogP contribution in [0.5, 0.6) is 0 Å². The molecule has 0 saturated heterocycles. The van der Waals surface area contributed by atoms with Gasteiger partial charge in [-0.3, -0.25) is 4.79 Å². The summed E-state index contributed by atoms with van der Waals surface area (Å²) in [4.78, 5) is 10.2. The van der Waals surface area contributed by atoms with Crippen LogP contribution >= 0.6 is 0 Å². The van der Waals surface area contributed by atoms with Gasteiger partial charge in [0.25, 0.3) is 0 Å². The van der Waals surface area contributed by atoms with Crippen molar-refractivity contribution in [1.82, 2.24) is 0 Å². The molecule has 1 heterocycles. The molecule has 1 rings (SSSR count). The summed E-state index contributed by atoms with van der Waals surface area (Å²) in [5, 5.41) is 0. The van der Waals surface area contributed by atoms with E-state index in [9.17, 15) is 4.79 Å². The molecule has 0 aromatic rings. The molecule has 7 heavy (non-hydrogen) atoms. The van der Waals surface area contributed by atoms with E-state index in [4.69, 9.17) is 0 Å². The Morgan fingerprint density at radius 1 is 1.71 bits per heavy atom. The molecule has 2 nitrogen and oxygen atoms in total. The molecule has 0 fully saturated rings. The van der Waals surface area contributed by atoms with E-state index in [0.29, 0.717) is 5.76 Å². The van der Waals surface area contributed by atoms with Gasteiger partial charge < -0.3 is 4.74 Å². The van der Waals surface area contributed by atoms with Crippen LogP contribution < -0.4 is 0 Å². The highest BCUT2D eigenvalue weighted by atomic mass is 16.6. The van der Waals surface area contributed by atoms with Gasteiger partial charge in [-0.25, -0.2) is 0 Å². The van der Waals surface area contributed by atoms with Gasteiger partial charge in [-0.15, -0.1) is 0 Å². The number of rotatable bonds is 1. The number of Topliss-reactive ketones (excluding diaryl/α,β-unsaturated/α-hetero) is 1. The second-order valence-corrected chi connectivity index (χ2v) is 1.54. The van der Waals surface area contributed by atoms with Crippen molar-refractivity contribution in [3.63, 3.8) is 0 Å². The fraction of sp³-hybridized carbons (Fsp3) is 0.400. The van der Waals surface area contributed by atoms with Gasteiger partial charge in [0.2, 0.25) is 5.76 Å². The van der Waals surface area contributed by atoms with Crippen molar-refractivity contribution in [3.8, 4) is 0 Å². The minimum Gasteiger partial charge on any atom is -0.451 e. The first kappa shape index (κ1) is 4.37. The van der Waals surface area contributed by atoms with Crippen LogP contribution in [0.4, 0.5) is 0 Å². The minimum absolute atomic E-state index is 0.0255. The summed E-state index contributed by atoms with van der Waals surface area (Å²) in [6, 6.07) is 0. The van der Waals surface area contributed by atoms with Crippen LogP contribution in [0.15, 0.2) is 11.5 Å². The summed E-state index contributed by atoms with van der Waals surface area (Å²) >= 11 is 0. The lowest BCUT2D eigenvalue weighted by atomic mass is 10.5. The van der Waals surface area contributed by atoms with Gasteiger partial charge in [0.1, 0.15) is 5.76 Å². The van der Waals surface area contributed by atoms with Crippen molar-refractivity contribution in [1.29, 1.82) is 0 Å². The molecule has 0 unspecified atom stereocenters. The van der Waals surface area contributed by atoms with Gasteiger partial charge >= 0.3 is 0 Å². The van der Waals surface area contributed by atoms with Crippen LogP contribution in [-0.4, -0.2) is 5.78 Å². The Hall–Kier alpha value is -0.790. The summed E-state index contributed by atoms with van der Waals surface area (Å²) in [5.41, 5.74) is 0. The fourth-order valence-electron chi connectivity index (χ4n) is 0.447. The summed E-state index contributed by atoms with van der Waals surface area (Å²) in [6.07, 6.45) is 0. The van der Waals surface area contributed by atoms with Crippen molar-refractivity contribution in [2.75, 3.05) is 0 Å². The molecule has 0 radical (unpaired) electrons. The Labute approximate surface area is 41.8 Å². The molecular formula is C5H6O2. The Bertz CT molecular complexity index is 139. The number of hydrogen-bond acceptors (Lipinski definition) is 2. The first-order chi connectivity index (χ1) is 3.22.